The summed E-state index contributed by atoms with van der Waals surface area (Å²) in [7, 11) is 2.61. The van der Waals surface area contributed by atoms with E-state index in [1.54, 1.807) is 0 Å². The van der Waals surface area contributed by atoms with Crippen LogP contribution in [-0.2, 0) is 19.1 Å². The summed E-state index contributed by atoms with van der Waals surface area (Å²) in [5.74, 6) is -1.11. The van der Waals surface area contributed by atoms with Gasteiger partial charge >= 0.3 is 11.9 Å². The zero-order chi connectivity index (χ0) is 15.6. The largest absolute Gasteiger partial charge is 0.468 e. The molecule has 0 spiro atoms. The summed E-state index contributed by atoms with van der Waals surface area (Å²) >= 11 is 6.20. The van der Waals surface area contributed by atoms with E-state index in [0.717, 1.165) is 6.42 Å². The van der Waals surface area contributed by atoms with Gasteiger partial charge in [-0.25, -0.2) is 0 Å². The van der Waals surface area contributed by atoms with E-state index in [9.17, 15) is 9.59 Å². The fourth-order valence-corrected chi connectivity index (χ4v) is 4.05. The van der Waals surface area contributed by atoms with Crippen LogP contribution in [-0.4, -0.2) is 31.5 Å². The number of esters is 2. The van der Waals surface area contributed by atoms with E-state index in [-0.39, 0.29) is 23.1 Å². The summed E-state index contributed by atoms with van der Waals surface area (Å²) in [5.41, 5.74) is -1.25. The predicted molar refractivity (Wildman–Crippen MR) is 79.8 cm³/mol. The Morgan fingerprint density at radius 3 is 2.38 bits per heavy atom. The van der Waals surface area contributed by atoms with E-state index in [2.05, 4.69) is 6.58 Å². The lowest BCUT2D eigenvalue weighted by Gasteiger charge is -2.31. The predicted octanol–water partition coefficient (Wildman–Crippen LogP) is 2.71. The summed E-state index contributed by atoms with van der Waals surface area (Å²) in [4.78, 5) is 24.9. The van der Waals surface area contributed by atoms with E-state index in [1.807, 2.05) is 18.2 Å². The van der Waals surface area contributed by atoms with Crippen LogP contribution in [0.15, 0.2) is 24.8 Å². The standard InChI is InChI=1S/C16H21ClO4/c1-4-10-9-16(14(18)20-2,15(19)21-3)13-8-6-11(17)5-7-12(10)13/h4-5,7,10-13H,1,6,8-9H2,2-3H3/t10-,11-,12+,13+/m0/s1. The van der Waals surface area contributed by atoms with Crippen LogP contribution in [0, 0.1) is 23.2 Å². The van der Waals surface area contributed by atoms with Crippen LogP contribution in [0.25, 0.3) is 0 Å². The molecule has 0 aromatic rings. The van der Waals surface area contributed by atoms with E-state index in [0.29, 0.717) is 12.8 Å². The van der Waals surface area contributed by atoms with Crippen molar-refractivity contribution in [2.24, 2.45) is 23.2 Å². The van der Waals surface area contributed by atoms with Gasteiger partial charge in [-0.1, -0.05) is 18.2 Å². The van der Waals surface area contributed by atoms with Crippen LogP contribution >= 0.6 is 11.6 Å². The van der Waals surface area contributed by atoms with Crippen LogP contribution in [0.4, 0.5) is 0 Å². The Balaban J connectivity index is 2.50. The lowest BCUT2D eigenvalue weighted by atomic mass is 9.73. The van der Waals surface area contributed by atoms with E-state index in [1.165, 1.54) is 14.2 Å². The topological polar surface area (TPSA) is 52.6 Å². The van der Waals surface area contributed by atoms with Crippen molar-refractivity contribution < 1.29 is 19.1 Å². The number of halogens is 1. The van der Waals surface area contributed by atoms with Crippen molar-refractivity contribution in [3.05, 3.63) is 24.8 Å². The van der Waals surface area contributed by atoms with Gasteiger partial charge in [-0.15, -0.1) is 18.2 Å². The molecule has 0 N–H and O–H groups in total. The average Bonchev–Trinajstić information content (AvgIpc) is 2.70. The molecule has 0 aliphatic heterocycles. The monoisotopic (exact) mass is 312 g/mol. The Kier molecular flexibility index (Phi) is 4.77. The lowest BCUT2D eigenvalue weighted by molar-refractivity contribution is -0.173. The molecule has 1 fully saturated rings. The van der Waals surface area contributed by atoms with Gasteiger partial charge in [0.2, 0.25) is 0 Å². The average molecular weight is 313 g/mol. The minimum atomic E-state index is -1.25. The number of alkyl halides is 1. The third kappa shape index (κ3) is 2.50. The minimum Gasteiger partial charge on any atom is -0.468 e. The zero-order valence-corrected chi connectivity index (χ0v) is 13.1. The highest BCUT2D eigenvalue weighted by atomic mass is 35.5. The number of fused-ring (bicyclic) bond motifs is 1. The molecule has 0 heterocycles. The number of allylic oxidation sites excluding steroid dienone is 3. The Morgan fingerprint density at radius 1 is 1.24 bits per heavy atom. The van der Waals surface area contributed by atoms with Crippen LogP contribution in [0.3, 0.4) is 0 Å². The van der Waals surface area contributed by atoms with Crippen LogP contribution in [0.5, 0.6) is 0 Å². The molecule has 0 amide bonds. The van der Waals surface area contributed by atoms with Gasteiger partial charge in [0.25, 0.3) is 0 Å². The molecule has 0 aromatic carbocycles. The molecule has 2 rings (SSSR count). The number of rotatable bonds is 3. The van der Waals surface area contributed by atoms with Crippen molar-refractivity contribution in [3.63, 3.8) is 0 Å². The van der Waals surface area contributed by atoms with Crippen LogP contribution in [0.1, 0.15) is 19.3 Å². The fourth-order valence-electron chi connectivity index (χ4n) is 3.84. The SMILES string of the molecule is C=C[C@H]1CC(C(=O)OC)(C(=O)OC)[C@@H]2CC[C@@H](Cl)C=C[C@@H]21. The molecule has 0 unspecified atom stereocenters. The maximum atomic E-state index is 12.4. The maximum Gasteiger partial charge on any atom is 0.323 e. The Bertz CT molecular complexity index is 455. The normalized spacial score (nSPS) is 33.7. The number of hydrogen-bond acceptors (Lipinski definition) is 4. The maximum absolute atomic E-state index is 12.4. The van der Waals surface area contributed by atoms with Crippen molar-refractivity contribution in [1.82, 2.24) is 0 Å². The number of methoxy groups -OCH3 is 2. The second kappa shape index (κ2) is 6.22. The quantitative estimate of drug-likeness (QED) is 0.348. The summed E-state index contributed by atoms with van der Waals surface area (Å²) in [6.07, 6.45) is 7.56. The molecular weight excluding hydrogens is 292 g/mol. The first kappa shape index (κ1) is 16.1. The molecule has 4 atom stereocenters. The van der Waals surface area contributed by atoms with Crippen LogP contribution < -0.4 is 0 Å². The second-order valence-corrected chi connectivity index (χ2v) is 6.28. The van der Waals surface area contributed by atoms with Crippen molar-refractivity contribution in [2.75, 3.05) is 14.2 Å². The zero-order valence-electron chi connectivity index (χ0n) is 12.4. The molecule has 116 valence electrons. The highest BCUT2D eigenvalue weighted by Gasteiger charge is 2.62. The second-order valence-electron chi connectivity index (χ2n) is 5.72. The molecule has 0 saturated heterocycles. The molecule has 2 aliphatic carbocycles. The number of hydrogen-bond donors (Lipinski definition) is 0. The molecule has 21 heavy (non-hydrogen) atoms. The van der Waals surface area contributed by atoms with E-state index >= 15 is 0 Å². The summed E-state index contributed by atoms with van der Waals surface area (Å²) in [6, 6.07) is 0. The molecule has 0 aromatic heterocycles. The highest BCUT2D eigenvalue weighted by molar-refractivity contribution is 6.21. The van der Waals surface area contributed by atoms with Gasteiger partial charge in [0.1, 0.15) is 0 Å². The van der Waals surface area contributed by atoms with Gasteiger partial charge in [0.15, 0.2) is 5.41 Å². The molecular formula is C16H21ClO4. The third-order valence-electron chi connectivity index (χ3n) is 4.85. The molecule has 0 bridgehead atoms. The molecule has 4 nitrogen and oxygen atoms in total. The van der Waals surface area contributed by atoms with Crippen molar-refractivity contribution in [1.29, 1.82) is 0 Å². The van der Waals surface area contributed by atoms with Crippen molar-refractivity contribution in [3.8, 4) is 0 Å². The van der Waals surface area contributed by atoms with Gasteiger partial charge in [-0.3, -0.25) is 9.59 Å². The van der Waals surface area contributed by atoms with E-state index < -0.39 is 17.4 Å². The van der Waals surface area contributed by atoms with Crippen LogP contribution in [0.2, 0.25) is 0 Å². The van der Waals surface area contributed by atoms with Gasteiger partial charge in [-0.2, -0.15) is 0 Å². The summed E-state index contributed by atoms with van der Waals surface area (Å²) < 4.78 is 9.88. The molecule has 5 heteroatoms. The number of carbonyl (C=O) groups is 2. The van der Waals surface area contributed by atoms with E-state index in [4.69, 9.17) is 21.1 Å². The van der Waals surface area contributed by atoms with Crippen molar-refractivity contribution >= 4 is 23.5 Å². The first-order valence-corrected chi connectivity index (χ1v) is 7.56. The number of carbonyl (C=O) groups excluding carboxylic acids is 2. The first-order valence-electron chi connectivity index (χ1n) is 7.13. The van der Waals surface area contributed by atoms with Gasteiger partial charge in [0.05, 0.1) is 19.6 Å². The van der Waals surface area contributed by atoms with Gasteiger partial charge in [-0.05, 0) is 37.0 Å². The Hall–Kier alpha value is -1.29. The molecule has 2 aliphatic rings. The Morgan fingerprint density at radius 2 is 1.86 bits per heavy atom. The lowest BCUT2D eigenvalue weighted by Crippen LogP contribution is -2.45. The van der Waals surface area contributed by atoms with Gasteiger partial charge in [0, 0.05) is 0 Å². The fraction of sp³-hybridized carbons (Fsp3) is 0.625. The summed E-state index contributed by atoms with van der Waals surface area (Å²) in [6.45, 7) is 3.85. The third-order valence-corrected chi connectivity index (χ3v) is 5.21. The summed E-state index contributed by atoms with van der Waals surface area (Å²) in [5, 5.41) is -0.0749. The minimum absolute atomic E-state index is 0.0337. The molecule has 0 radical (unpaired) electrons. The Labute approximate surface area is 130 Å². The highest BCUT2D eigenvalue weighted by Crippen LogP contribution is 2.55. The smallest absolute Gasteiger partial charge is 0.323 e. The number of ether oxygens (including phenoxy) is 2. The molecule has 1 saturated carbocycles. The van der Waals surface area contributed by atoms with Gasteiger partial charge < -0.3 is 9.47 Å². The van der Waals surface area contributed by atoms with Crippen molar-refractivity contribution in [2.45, 2.75) is 24.6 Å². The first-order chi connectivity index (χ1) is 10.0.